The first-order valence-corrected chi connectivity index (χ1v) is 9.87. The van der Waals surface area contributed by atoms with Crippen molar-refractivity contribution in [3.63, 3.8) is 0 Å². The van der Waals surface area contributed by atoms with Crippen LogP contribution >= 0.6 is 11.3 Å². The molecule has 9 nitrogen and oxygen atoms in total. The number of amides is 2. The highest BCUT2D eigenvalue weighted by Crippen LogP contribution is 2.26. The van der Waals surface area contributed by atoms with Crippen LogP contribution in [0.15, 0.2) is 51.3 Å². The molecular weight excluding hydrogens is 406 g/mol. The lowest BCUT2D eigenvalue weighted by molar-refractivity contribution is -0.119. The second-order valence-electron chi connectivity index (χ2n) is 6.58. The fraction of sp³-hybridized carbons (Fsp3) is 0.150. The van der Waals surface area contributed by atoms with E-state index < -0.39 is 11.5 Å². The van der Waals surface area contributed by atoms with Gasteiger partial charge in [0.15, 0.2) is 10.9 Å². The Morgan fingerprint density at radius 1 is 1.27 bits per heavy atom. The molecule has 2 N–H and O–H groups in total. The van der Waals surface area contributed by atoms with Crippen molar-refractivity contribution < 1.29 is 14.0 Å². The molecule has 0 radical (unpaired) electrons. The average Bonchev–Trinajstić information content (AvgIpc) is 3.35. The Labute approximate surface area is 174 Å². The summed E-state index contributed by atoms with van der Waals surface area (Å²) in [7, 11) is 0. The lowest BCUT2D eigenvalue weighted by Crippen LogP contribution is -2.26. The highest BCUT2D eigenvalue weighted by Gasteiger charge is 2.16. The summed E-state index contributed by atoms with van der Waals surface area (Å²) in [6, 6.07) is 7.01. The first-order valence-electron chi connectivity index (χ1n) is 8.99. The number of pyridine rings is 1. The van der Waals surface area contributed by atoms with Gasteiger partial charge in [0.2, 0.25) is 5.91 Å². The minimum absolute atomic E-state index is 0.0799. The molecule has 30 heavy (non-hydrogen) atoms. The van der Waals surface area contributed by atoms with Gasteiger partial charge in [-0.3, -0.25) is 24.1 Å². The number of rotatable bonds is 5. The maximum Gasteiger partial charge on any atom is 0.270 e. The third-order valence-electron chi connectivity index (χ3n) is 4.26. The summed E-state index contributed by atoms with van der Waals surface area (Å²) in [5.41, 5.74) is 1.44. The van der Waals surface area contributed by atoms with E-state index in [0.29, 0.717) is 28.0 Å². The number of carbonyl (C=O) groups excluding carboxylic acids is 2. The average molecular weight is 423 g/mol. The zero-order valence-corrected chi connectivity index (χ0v) is 16.9. The van der Waals surface area contributed by atoms with E-state index in [4.69, 9.17) is 4.42 Å². The smallest absolute Gasteiger partial charge is 0.270 e. The second-order valence-corrected chi connectivity index (χ2v) is 7.44. The Balaban J connectivity index is 1.51. The van der Waals surface area contributed by atoms with Gasteiger partial charge in [0, 0.05) is 24.7 Å². The van der Waals surface area contributed by atoms with E-state index in [9.17, 15) is 14.4 Å². The number of hydrogen-bond donors (Lipinski definition) is 2. The van der Waals surface area contributed by atoms with Gasteiger partial charge >= 0.3 is 0 Å². The van der Waals surface area contributed by atoms with Crippen molar-refractivity contribution in [2.24, 2.45) is 0 Å². The molecule has 0 unspecified atom stereocenters. The molecule has 4 heterocycles. The van der Waals surface area contributed by atoms with E-state index in [2.05, 4.69) is 20.6 Å². The number of furan rings is 1. The molecule has 0 atom stereocenters. The van der Waals surface area contributed by atoms with Gasteiger partial charge in [0.05, 0.1) is 6.54 Å². The van der Waals surface area contributed by atoms with Gasteiger partial charge in [0.1, 0.15) is 22.7 Å². The number of nitrogens with zero attached hydrogens (tertiary/aromatic N) is 3. The monoisotopic (exact) mass is 423 g/mol. The summed E-state index contributed by atoms with van der Waals surface area (Å²) in [4.78, 5) is 44.7. The molecule has 0 bridgehead atoms. The molecule has 0 spiro atoms. The standard InChI is InChI=1S/C20H17N5O4S/c1-11-5-6-25-17(7-11)22-9-14(19(25)28)18(27)24-20-23-15(10-30-20)16-4-3-13(29-16)8-21-12(2)26/h3-7,9-10H,8H2,1-2H3,(H,21,26)(H,23,24,27). The number of fused-ring (bicyclic) bond motifs is 1. The SMILES string of the molecule is CC(=O)NCc1ccc(-c2csc(NC(=O)c3cnc4cc(C)ccn4c3=O)n2)o1. The number of carbonyl (C=O) groups is 2. The maximum atomic E-state index is 12.6. The lowest BCUT2D eigenvalue weighted by Gasteiger charge is -2.04. The van der Waals surface area contributed by atoms with Gasteiger partial charge in [-0.05, 0) is 36.8 Å². The van der Waals surface area contributed by atoms with Crippen LogP contribution < -0.4 is 16.2 Å². The highest BCUT2D eigenvalue weighted by atomic mass is 32.1. The van der Waals surface area contributed by atoms with Gasteiger partial charge in [-0.1, -0.05) is 0 Å². The third kappa shape index (κ3) is 3.98. The molecule has 10 heteroatoms. The fourth-order valence-electron chi connectivity index (χ4n) is 2.76. The summed E-state index contributed by atoms with van der Waals surface area (Å²) in [5.74, 6) is 0.356. The Bertz CT molecular complexity index is 1320. The molecule has 0 fully saturated rings. The van der Waals surface area contributed by atoms with Crippen LogP contribution in [-0.4, -0.2) is 26.2 Å². The van der Waals surface area contributed by atoms with Crippen LogP contribution in [0.1, 0.15) is 28.6 Å². The number of aromatic nitrogens is 3. The van der Waals surface area contributed by atoms with E-state index in [1.54, 1.807) is 35.8 Å². The Morgan fingerprint density at radius 3 is 2.90 bits per heavy atom. The quantitative estimate of drug-likeness (QED) is 0.509. The van der Waals surface area contributed by atoms with Crippen LogP contribution in [0.4, 0.5) is 5.13 Å². The molecule has 0 aliphatic heterocycles. The Morgan fingerprint density at radius 2 is 2.10 bits per heavy atom. The normalized spacial score (nSPS) is 10.9. The van der Waals surface area contributed by atoms with Crippen LogP contribution in [0.25, 0.3) is 17.1 Å². The zero-order valence-electron chi connectivity index (χ0n) is 16.1. The molecule has 4 aromatic rings. The maximum absolute atomic E-state index is 12.6. The van der Waals surface area contributed by atoms with Crippen LogP contribution in [0.5, 0.6) is 0 Å². The van der Waals surface area contributed by atoms with Crippen molar-refractivity contribution in [3.05, 3.63) is 69.3 Å². The molecule has 152 valence electrons. The van der Waals surface area contributed by atoms with Crippen molar-refractivity contribution >= 4 is 33.9 Å². The van der Waals surface area contributed by atoms with Crippen molar-refractivity contribution in [1.82, 2.24) is 19.7 Å². The fourth-order valence-corrected chi connectivity index (χ4v) is 3.46. The molecule has 0 saturated heterocycles. The lowest BCUT2D eigenvalue weighted by atomic mass is 10.2. The Kier molecular flexibility index (Phi) is 5.15. The topological polar surface area (TPSA) is 119 Å². The van der Waals surface area contributed by atoms with E-state index in [1.807, 2.05) is 6.92 Å². The molecule has 4 rings (SSSR count). The van der Waals surface area contributed by atoms with E-state index in [-0.39, 0.29) is 18.0 Å². The number of hydrogen-bond acceptors (Lipinski definition) is 7. The van der Waals surface area contributed by atoms with Crippen molar-refractivity contribution in [2.45, 2.75) is 20.4 Å². The first kappa shape index (κ1) is 19.5. The summed E-state index contributed by atoms with van der Waals surface area (Å²) < 4.78 is 6.98. The first-order chi connectivity index (χ1) is 14.4. The Hall–Kier alpha value is -3.79. The predicted molar refractivity (Wildman–Crippen MR) is 111 cm³/mol. The van der Waals surface area contributed by atoms with E-state index in [1.165, 1.54) is 28.9 Å². The number of aryl methyl sites for hydroxylation is 1. The molecular formula is C20H17N5O4S. The zero-order chi connectivity index (χ0) is 21.3. The van der Waals surface area contributed by atoms with Gasteiger partial charge in [-0.2, -0.15) is 0 Å². The molecule has 0 aliphatic rings. The van der Waals surface area contributed by atoms with Gasteiger partial charge in [-0.15, -0.1) is 11.3 Å². The number of anilines is 1. The van der Waals surface area contributed by atoms with Crippen LogP contribution in [0.2, 0.25) is 0 Å². The van der Waals surface area contributed by atoms with Crippen molar-refractivity contribution in [3.8, 4) is 11.5 Å². The molecule has 0 saturated carbocycles. The molecule has 4 aromatic heterocycles. The summed E-state index contributed by atoms with van der Waals surface area (Å²) >= 11 is 1.20. The molecule has 0 aliphatic carbocycles. The van der Waals surface area contributed by atoms with Gasteiger partial charge in [0.25, 0.3) is 11.5 Å². The highest BCUT2D eigenvalue weighted by molar-refractivity contribution is 7.14. The van der Waals surface area contributed by atoms with Crippen LogP contribution in [0.3, 0.4) is 0 Å². The van der Waals surface area contributed by atoms with Crippen LogP contribution in [0, 0.1) is 6.92 Å². The number of thiazole rings is 1. The molecule has 2 amide bonds. The van der Waals surface area contributed by atoms with Crippen molar-refractivity contribution in [1.29, 1.82) is 0 Å². The minimum Gasteiger partial charge on any atom is -0.458 e. The summed E-state index contributed by atoms with van der Waals surface area (Å²) in [6.07, 6.45) is 2.86. The minimum atomic E-state index is -0.589. The van der Waals surface area contributed by atoms with E-state index in [0.717, 1.165) is 5.56 Å². The molecule has 0 aromatic carbocycles. The summed E-state index contributed by atoms with van der Waals surface area (Å²) in [6.45, 7) is 3.60. The predicted octanol–water partition coefficient (Wildman–Crippen LogP) is 2.61. The van der Waals surface area contributed by atoms with Gasteiger partial charge < -0.3 is 9.73 Å². The second kappa shape index (κ2) is 7.91. The van der Waals surface area contributed by atoms with Crippen molar-refractivity contribution in [2.75, 3.05) is 5.32 Å². The van der Waals surface area contributed by atoms with E-state index >= 15 is 0 Å². The third-order valence-corrected chi connectivity index (χ3v) is 5.02. The largest absolute Gasteiger partial charge is 0.458 e. The van der Waals surface area contributed by atoms with Gasteiger partial charge in [-0.25, -0.2) is 9.97 Å². The summed E-state index contributed by atoms with van der Waals surface area (Å²) in [5, 5.41) is 7.33. The van der Waals surface area contributed by atoms with Crippen LogP contribution in [-0.2, 0) is 11.3 Å². The number of nitrogens with one attached hydrogen (secondary N) is 2.